The maximum Gasteiger partial charge on any atom is 0.301 e. The van der Waals surface area contributed by atoms with Crippen molar-refractivity contribution in [2.75, 3.05) is 25.6 Å². The van der Waals surface area contributed by atoms with Gasteiger partial charge in [0.25, 0.3) is 17.5 Å². The Morgan fingerprint density at radius 2 is 2.00 bits per heavy atom. The summed E-state index contributed by atoms with van der Waals surface area (Å²) in [6, 6.07) is 1.46. The Hall–Kier alpha value is -3.03. The summed E-state index contributed by atoms with van der Waals surface area (Å²) in [6.07, 6.45) is 0.909. The number of hydrogen-bond donors (Lipinski definition) is 3. The molecule has 1 aromatic carbocycles. The average Bonchev–Trinajstić information content (AvgIpc) is 2.81. The number of rotatable bonds is 7. The van der Waals surface area contributed by atoms with Crippen LogP contribution in [0, 0.1) is 10.1 Å². The fraction of sp³-hybridized carbons (Fsp3) is 0.231. The number of anilines is 1. The number of nitro benzene ring substituents is 1. The van der Waals surface area contributed by atoms with Gasteiger partial charge in [0.05, 0.1) is 36.9 Å². The third-order valence-corrected chi connectivity index (χ3v) is 4.24. The zero-order valence-electron chi connectivity index (χ0n) is 13.2. The van der Waals surface area contributed by atoms with Crippen molar-refractivity contribution < 1.29 is 37.3 Å². The molecular formula is C13H13N3O9S. The number of β-amino-alcohol motifs (C(OH)–C–C–N with tert-alkyl or cyclic N) is 1. The highest BCUT2D eigenvalue weighted by Gasteiger charge is 2.33. The molecule has 0 saturated carbocycles. The first-order valence-corrected chi connectivity index (χ1v) is 8.33. The number of nitro groups is 1. The Kier molecular flexibility index (Phi) is 5.25. The minimum absolute atomic E-state index is 0.203. The summed E-state index contributed by atoms with van der Waals surface area (Å²) in [5.74, 6) is -1.70. The van der Waals surface area contributed by atoms with Gasteiger partial charge in [0.2, 0.25) is 0 Å². The van der Waals surface area contributed by atoms with E-state index in [1.54, 1.807) is 0 Å². The van der Waals surface area contributed by atoms with Gasteiger partial charge in [-0.15, -0.1) is 0 Å². The summed E-state index contributed by atoms with van der Waals surface area (Å²) in [5, 5.41) is 22.3. The summed E-state index contributed by atoms with van der Waals surface area (Å²) < 4.78 is 37.0. The van der Waals surface area contributed by atoms with Gasteiger partial charge in [-0.2, -0.15) is 8.42 Å². The van der Waals surface area contributed by atoms with E-state index in [4.69, 9.17) is 9.84 Å². The molecule has 1 heterocycles. The Morgan fingerprint density at radius 1 is 1.35 bits per heavy atom. The molecule has 2 rings (SSSR count). The van der Waals surface area contributed by atoms with Gasteiger partial charge in [0.1, 0.15) is 11.4 Å². The van der Waals surface area contributed by atoms with Gasteiger partial charge in [-0.05, 0) is 6.07 Å². The molecule has 140 valence electrons. The molecule has 0 atom stereocenters. The minimum Gasteiger partial charge on any atom is -0.494 e. The van der Waals surface area contributed by atoms with Crippen LogP contribution in [-0.4, -0.2) is 60.0 Å². The summed E-state index contributed by atoms with van der Waals surface area (Å²) in [6.45, 7) is -0.695. The van der Waals surface area contributed by atoms with Crippen LogP contribution in [0.3, 0.4) is 0 Å². The Balaban J connectivity index is 2.50. The van der Waals surface area contributed by atoms with Crippen molar-refractivity contribution in [2.24, 2.45) is 0 Å². The summed E-state index contributed by atoms with van der Waals surface area (Å²) in [4.78, 5) is 33.5. The van der Waals surface area contributed by atoms with Crippen molar-refractivity contribution in [3.05, 3.63) is 34.0 Å². The molecule has 26 heavy (non-hydrogen) atoms. The molecule has 0 fully saturated rings. The van der Waals surface area contributed by atoms with Gasteiger partial charge in [-0.3, -0.25) is 29.2 Å². The first kappa shape index (κ1) is 19.3. The molecule has 1 aliphatic rings. The number of nitrogens with zero attached hydrogens (tertiary/aromatic N) is 2. The van der Waals surface area contributed by atoms with E-state index in [0.717, 1.165) is 24.2 Å². The molecule has 0 spiro atoms. The normalized spacial score (nSPS) is 14.4. The molecule has 2 amide bonds. The molecule has 0 bridgehead atoms. The van der Waals surface area contributed by atoms with Gasteiger partial charge in [-0.25, -0.2) is 0 Å². The van der Waals surface area contributed by atoms with E-state index < -0.39 is 44.0 Å². The van der Waals surface area contributed by atoms with Crippen molar-refractivity contribution in [3.63, 3.8) is 0 Å². The number of ether oxygens (including phenoxy) is 1. The molecule has 3 N–H and O–H groups in total. The predicted molar refractivity (Wildman–Crippen MR) is 85.0 cm³/mol. The number of benzene rings is 1. The number of imide groups is 1. The van der Waals surface area contributed by atoms with Crippen LogP contribution in [0.25, 0.3) is 0 Å². The lowest BCUT2D eigenvalue weighted by atomic mass is 10.2. The molecule has 12 nitrogen and oxygen atoms in total. The molecule has 0 aliphatic carbocycles. The first-order valence-electron chi connectivity index (χ1n) is 6.89. The Morgan fingerprint density at radius 3 is 2.50 bits per heavy atom. The SMILES string of the molecule is COc1cc([N+](=O)[O-])c(S(=O)(=O)O)cc1NC1=CC(=O)N(CCO)C1=O. The van der Waals surface area contributed by atoms with E-state index in [9.17, 15) is 32.7 Å². The number of aliphatic hydroxyl groups is 1. The van der Waals surface area contributed by atoms with Crippen molar-refractivity contribution >= 4 is 33.3 Å². The van der Waals surface area contributed by atoms with Crippen LogP contribution >= 0.6 is 0 Å². The third-order valence-electron chi connectivity index (χ3n) is 3.36. The Bertz CT molecular complexity index is 923. The van der Waals surface area contributed by atoms with Crippen molar-refractivity contribution in [1.82, 2.24) is 4.90 Å². The molecule has 0 saturated heterocycles. The number of nitrogens with one attached hydrogen (secondary N) is 1. The van der Waals surface area contributed by atoms with E-state index in [0.29, 0.717) is 6.07 Å². The van der Waals surface area contributed by atoms with Crippen molar-refractivity contribution in [3.8, 4) is 5.75 Å². The molecule has 0 aromatic heterocycles. The second-order valence-corrected chi connectivity index (χ2v) is 6.34. The predicted octanol–water partition coefficient (Wildman–Crippen LogP) is -0.493. The van der Waals surface area contributed by atoms with Gasteiger partial charge in [0.15, 0.2) is 4.90 Å². The number of methoxy groups -OCH3 is 1. The molecule has 0 radical (unpaired) electrons. The standard InChI is InChI=1S/C13H13N3O9S/c1-25-10-6-9(16(20)21)11(26(22,23)24)4-7(10)14-8-5-12(18)15(2-3-17)13(8)19/h4-6,14,17H,2-3H2,1H3,(H,22,23,24). The topological polar surface area (TPSA) is 176 Å². The van der Waals surface area contributed by atoms with Crippen LogP contribution in [0.4, 0.5) is 11.4 Å². The van der Waals surface area contributed by atoms with Crippen molar-refractivity contribution in [2.45, 2.75) is 4.90 Å². The van der Waals surface area contributed by atoms with E-state index >= 15 is 0 Å². The summed E-state index contributed by atoms with van der Waals surface area (Å²) in [7, 11) is -3.81. The van der Waals surface area contributed by atoms with Crippen LogP contribution in [0.1, 0.15) is 0 Å². The van der Waals surface area contributed by atoms with Gasteiger partial charge < -0.3 is 15.2 Å². The van der Waals surface area contributed by atoms with Crippen LogP contribution in [-0.2, 0) is 19.7 Å². The van der Waals surface area contributed by atoms with Gasteiger partial charge in [0, 0.05) is 6.08 Å². The van der Waals surface area contributed by atoms with Gasteiger partial charge >= 0.3 is 10.1 Å². The van der Waals surface area contributed by atoms with E-state index in [1.165, 1.54) is 0 Å². The second kappa shape index (κ2) is 7.07. The molecule has 0 unspecified atom stereocenters. The maximum absolute atomic E-state index is 12.1. The van der Waals surface area contributed by atoms with Crippen LogP contribution in [0.5, 0.6) is 5.75 Å². The highest BCUT2D eigenvalue weighted by molar-refractivity contribution is 7.86. The van der Waals surface area contributed by atoms with Crippen molar-refractivity contribution in [1.29, 1.82) is 0 Å². The lowest BCUT2D eigenvalue weighted by Gasteiger charge is -2.15. The average molecular weight is 387 g/mol. The number of carbonyl (C=O) groups is 2. The maximum atomic E-state index is 12.1. The number of carbonyl (C=O) groups excluding carboxylic acids is 2. The molecular weight excluding hydrogens is 374 g/mol. The zero-order chi connectivity index (χ0) is 19.6. The fourth-order valence-corrected chi connectivity index (χ4v) is 2.88. The number of aliphatic hydroxyl groups excluding tert-OH is 1. The Labute approximate surface area is 146 Å². The highest BCUT2D eigenvalue weighted by Crippen LogP contribution is 2.36. The van der Waals surface area contributed by atoms with E-state index in [-0.39, 0.29) is 23.7 Å². The van der Waals surface area contributed by atoms with E-state index in [1.807, 2.05) is 0 Å². The minimum atomic E-state index is -4.96. The summed E-state index contributed by atoms with van der Waals surface area (Å²) >= 11 is 0. The number of hydrogen-bond acceptors (Lipinski definition) is 9. The number of amides is 2. The zero-order valence-corrected chi connectivity index (χ0v) is 14.0. The smallest absolute Gasteiger partial charge is 0.301 e. The van der Waals surface area contributed by atoms with E-state index in [2.05, 4.69) is 5.32 Å². The van der Waals surface area contributed by atoms with Crippen LogP contribution < -0.4 is 10.1 Å². The fourth-order valence-electron chi connectivity index (χ4n) is 2.22. The second-order valence-electron chi connectivity index (χ2n) is 4.95. The largest absolute Gasteiger partial charge is 0.494 e. The van der Waals surface area contributed by atoms with Crippen LogP contribution in [0.15, 0.2) is 28.8 Å². The monoisotopic (exact) mass is 387 g/mol. The van der Waals surface area contributed by atoms with Gasteiger partial charge in [-0.1, -0.05) is 0 Å². The molecule has 1 aliphatic heterocycles. The lowest BCUT2D eigenvalue weighted by molar-refractivity contribution is -0.387. The lowest BCUT2D eigenvalue weighted by Crippen LogP contribution is -2.34. The summed E-state index contributed by atoms with van der Waals surface area (Å²) in [5.41, 5.74) is -1.40. The van der Waals surface area contributed by atoms with Crippen LogP contribution in [0.2, 0.25) is 0 Å². The molecule has 1 aromatic rings. The highest BCUT2D eigenvalue weighted by atomic mass is 32.2. The third kappa shape index (κ3) is 3.63. The molecule has 13 heteroatoms. The quantitative estimate of drug-likeness (QED) is 0.239. The first-order chi connectivity index (χ1) is 12.1.